The molecule has 0 bridgehead atoms. The highest BCUT2D eigenvalue weighted by Gasteiger charge is 2.53. The molecule has 1 saturated carbocycles. The minimum absolute atomic E-state index is 0.186. The Morgan fingerprint density at radius 1 is 0.889 bits per heavy atom. The number of para-hydroxylation sites is 2. The third-order valence-corrected chi connectivity index (χ3v) is 4.53. The van der Waals surface area contributed by atoms with E-state index in [2.05, 4.69) is 53.1 Å². The quantitative estimate of drug-likeness (QED) is 0.556. The zero-order valence-corrected chi connectivity index (χ0v) is 11.1. The van der Waals surface area contributed by atoms with Crippen molar-refractivity contribution in [1.82, 2.24) is 4.57 Å². The summed E-state index contributed by atoms with van der Waals surface area (Å²) in [5.41, 5.74) is 2.43. The van der Waals surface area contributed by atoms with Crippen molar-refractivity contribution >= 4 is 45.0 Å². The van der Waals surface area contributed by atoms with Crippen molar-refractivity contribution in [1.29, 1.82) is 0 Å². The van der Waals surface area contributed by atoms with Crippen molar-refractivity contribution in [2.24, 2.45) is 0 Å². The Morgan fingerprint density at radius 2 is 1.33 bits per heavy atom. The molecule has 0 N–H and O–H groups in total. The van der Waals surface area contributed by atoms with E-state index in [-0.39, 0.29) is 6.04 Å². The molecule has 18 heavy (non-hydrogen) atoms. The van der Waals surface area contributed by atoms with Gasteiger partial charge in [-0.1, -0.05) is 59.6 Å². The first-order valence-corrected chi connectivity index (χ1v) is 6.79. The first-order valence-electron chi connectivity index (χ1n) is 6.04. The first-order chi connectivity index (χ1) is 8.68. The number of halogens is 2. The minimum Gasteiger partial charge on any atom is -0.334 e. The van der Waals surface area contributed by atoms with Crippen molar-refractivity contribution in [3.05, 3.63) is 48.5 Å². The van der Waals surface area contributed by atoms with Crippen LogP contribution in [0, 0.1) is 0 Å². The molecular formula is C15H11Cl2N. The van der Waals surface area contributed by atoms with Crippen LogP contribution in [0.15, 0.2) is 48.5 Å². The topological polar surface area (TPSA) is 4.93 Å². The Balaban J connectivity index is 2.15. The molecule has 0 amide bonds. The Kier molecular flexibility index (Phi) is 2.04. The second kappa shape index (κ2) is 3.43. The van der Waals surface area contributed by atoms with Gasteiger partial charge in [0.05, 0.1) is 6.04 Å². The summed E-state index contributed by atoms with van der Waals surface area (Å²) in [7, 11) is 0. The standard InChI is InChI=1S/C15H11Cl2N/c16-15(17)9-14(15)18-12-7-3-1-5-10(12)11-6-2-4-8-13(11)18/h1-8,14H,9H2. The number of alkyl halides is 2. The summed E-state index contributed by atoms with van der Waals surface area (Å²) in [6, 6.07) is 17.0. The van der Waals surface area contributed by atoms with Crippen molar-refractivity contribution in [2.75, 3.05) is 0 Å². The van der Waals surface area contributed by atoms with Crippen LogP contribution in [-0.2, 0) is 0 Å². The number of benzene rings is 2. The number of rotatable bonds is 1. The van der Waals surface area contributed by atoms with E-state index in [9.17, 15) is 0 Å². The van der Waals surface area contributed by atoms with Gasteiger partial charge in [0.2, 0.25) is 0 Å². The SMILES string of the molecule is ClC1(Cl)CC1n1c2ccccc2c2ccccc21. The van der Waals surface area contributed by atoms with Crippen molar-refractivity contribution in [3.8, 4) is 0 Å². The predicted octanol–water partition coefficient (Wildman–Crippen LogP) is 4.91. The fraction of sp³-hybridized carbons (Fsp3) is 0.200. The molecule has 4 rings (SSSR count). The monoisotopic (exact) mass is 275 g/mol. The third-order valence-electron chi connectivity index (χ3n) is 3.72. The van der Waals surface area contributed by atoms with Crippen LogP contribution in [0.2, 0.25) is 0 Å². The maximum atomic E-state index is 6.24. The average molecular weight is 276 g/mol. The Bertz CT molecular complexity index is 704. The molecule has 3 aromatic rings. The predicted molar refractivity (Wildman–Crippen MR) is 77.5 cm³/mol. The maximum absolute atomic E-state index is 6.24. The van der Waals surface area contributed by atoms with Crippen molar-refractivity contribution in [2.45, 2.75) is 16.8 Å². The maximum Gasteiger partial charge on any atom is 0.141 e. The summed E-state index contributed by atoms with van der Waals surface area (Å²) in [5.74, 6) is 0. The summed E-state index contributed by atoms with van der Waals surface area (Å²) in [6.07, 6.45) is 0.818. The van der Waals surface area contributed by atoms with Crippen LogP contribution in [0.1, 0.15) is 12.5 Å². The van der Waals surface area contributed by atoms with E-state index in [1.807, 2.05) is 0 Å². The molecule has 0 radical (unpaired) electrons. The number of aromatic nitrogens is 1. The average Bonchev–Trinajstić information content (AvgIpc) is 2.87. The lowest BCUT2D eigenvalue weighted by atomic mass is 10.2. The van der Waals surface area contributed by atoms with Gasteiger partial charge in [0, 0.05) is 28.2 Å². The fourth-order valence-electron chi connectivity index (χ4n) is 2.77. The summed E-state index contributed by atoms with van der Waals surface area (Å²) in [6.45, 7) is 0. The molecule has 3 heteroatoms. The fourth-order valence-corrected chi connectivity index (χ4v) is 3.26. The van der Waals surface area contributed by atoms with Gasteiger partial charge in [-0.3, -0.25) is 0 Å². The highest BCUT2D eigenvalue weighted by Crippen LogP contribution is 2.58. The zero-order chi connectivity index (χ0) is 12.3. The Morgan fingerprint density at radius 3 is 1.78 bits per heavy atom. The highest BCUT2D eigenvalue weighted by atomic mass is 35.5. The Labute approximate surface area is 115 Å². The molecule has 2 aromatic carbocycles. The van der Waals surface area contributed by atoms with E-state index >= 15 is 0 Å². The summed E-state index contributed by atoms with van der Waals surface area (Å²) in [4.78, 5) is 0. The summed E-state index contributed by atoms with van der Waals surface area (Å²) >= 11 is 12.5. The lowest BCUT2D eigenvalue weighted by molar-refractivity contribution is 0.794. The zero-order valence-electron chi connectivity index (χ0n) is 9.61. The van der Waals surface area contributed by atoms with E-state index in [0.717, 1.165) is 6.42 Å². The van der Waals surface area contributed by atoms with Gasteiger partial charge in [-0.05, 0) is 12.1 Å². The molecule has 1 aromatic heterocycles. The molecule has 0 aliphatic heterocycles. The van der Waals surface area contributed by atoms with Crippen LogP contribution >= 0.6 is 23.2 Å². The number of hydrogen-bond acceptors (Lipinski definition) is 0. The van der Waals surface area contributed by atoms with Crippen LogP contribution in [0.4, 0.5) is 0 Å². The molecule has 1 unspecified atom stereocenters. The van der Waals surface area contributed by atoms with Gasteiger partial charge in [-0.2, -0.15) is 0 Å². The lowest BCUT2D eigenvalue weighted by Crippen LogP contribution is -1.99. The van der Waals surface area contributed by atoms with Gasteiger partial charge in [0.15, 0.2) is 0 Å². The van der Waals surface area contributed by atoms with Gasteiger partial charge in [0.25, 0.3) is 0 Å². The van der Waals surface area contributed by atoms with Crippen LogP contribution in [0.5, 0.6) is 0 Å². The van der Waals surface area contributed by atoms with E-state index in [1.54, 1.807) is 0 Å². The van der Waals surface area contributed by atoms with E-state index in [0.29, 0.717) is 0 Å². The summed E-state index contributed by atoms with van der Waals surface area (Å²) < 4.78 is 1.68. The summed E-state index contributed by atoms with van der Waals surface area (Å²) in [5, 5.41) is 2.54. The van der Waals surface area contributed by atoms with Gasteiger partial charge < -0.3 is 4.57 Å². The minimum atomic E-state index is -0.607. The van der Waals surface area contributed by atoms with Gasteiger partial charge >= 0.3 is 0 Å². The van der Waals surface area contributed by atoms with Crippen LogP contribution in [0.3, 0.4) is 0 Å². The van der Waals surface area contributed by atoms with Gasteiger partial charge in [-0.25, -0.2) is 0 Å². The lowest BCUT2D eigenvalue weighted by Gasteiger charge is -2.07. The number of nitrogens with zero attached hydrogens (tertiary/aromatic N) is 1. The van der Waals surface area contributed by atoms with E-state index in [1.165, 1.54) is 21.8 Å². The van der Waals surface area contributed by atoms with Crippen molar-refractivity contribution < 1.29 is 0 Å². The van der Waals surface area contributed by atoms with Crippen LogP contribution in [0.25, 0.3) is 21.8 Å². The third kappa shape index (κ3) is 1.35. The van der Waals surface area contributed by atoms with Gasteiger partial charge in [-0.15, -0.1) is 0 Å². The molecular weight excluding hydrogens is 265 g/mol. The molecule has 1 nitrogen and oxygen atoms in total. The highest BCUT2D eigenvalue weighted by molar-refractivity contribution is 6.51. The molecule has 1 aliphatic carbocycles. The molecule has 1 atom stereocenters. The molecule has 1 aliphatic rings. The van der Waals surface area contributed by atoms with Crippen LogP contribution < -0.4 is 0 Å². The van der Waals surface area contributed by atoms with E-state index < -0.39 is 4.33 Å². The number of hydrogen-bond donors (Lipinski definition) is 0. The smallest absolute Gasteiger partial charge is 0.141 e. The van der Waals surface area contributed by atoms with Crippen LogP contribution in [-0.4, -0.2) is 8.90 Å². The second-order valence-electron chi connectivity index (χ2n) is 4.89. The molecule has 1 heterocycles. The molecule has 90 valence electrons. The normalized spacial score (nSPS) is 21.6. The number of fused-ring (bicyclic) bond motifs is 3. The molecule has 1 fully saturated rings. The van der Waals surface area contributed by atoms with Gasteiger partial charge in [0.1, 0.15) is 4.33 Å². The first kappa shape index (κ1) is 10.7. The largest absolute Gasteiger partial charge is 0.334 e. The van der Waals surface area contributed by atoms with Crippen molar-refractivity contribution in [3.63, 3.8) is 0 Å². The van der Waals surface area contributed by atoms with E-state index in [4.69, 9.17) is 23.2 Å². The molecule has 0 saturated heterocycles. The second-order valence-corrected chi connectivity index (χ2v) is 6.43. The Hall–Kier alpha value is -1.18. The molecule has 0 spiro atoms.